The van der Waals surface area contributed by atoms with Gasteiger partial charge in [0.1, 0.15) is 0 Å². The van der Waals surface area contributed by atoms with E-state index in [2.05, 4.69) is 34.7 Å². The number of rotatable bonds is 2. The molecule has 2 aromatic rings. The van der Waals surface area contributed by atoms with Crippen LogP contribution in [0.5, 0.6) is 0 Å². The molecule has 1 aliphatic heterocycles. The van der Waals surface area contributed by atoms with Crippen molar-refractivity contribution in [1.82, 2.24) is 15.4 Å². The number of benzene rings is 1. The minimum absolute atomic E-state index is 0.0679. The molecule has 0 spiro atoms. The molecule has 1 saturated heterocycles. The molecule has 30 heavy (non-hydrogen) atoms. The number of amides is 3. The van der Waals surface area contributed by atoms with E-state index in [0.29, 0.717) is 5.56 Å². The van der Waals surface area contributed by atoms with E-state index in [1.165, 1.54) is 12.4 Å². The van der Waals surface area contributed by atoms with Crippen LogP contribution in [0.1, 0.15) is 33.3 Å². The van der Waals surface area contributed by atoms with Crippen LogP contribution < -0.4 is 5.43 Å². The average molecular weight is 397 g/mol. The van der Waals surface area contributed by atoms with Crippen LogP contribution in [0.3, 0.4) is 0 Å². The maximum absolute atomic E-state index is 13.4. The van der Waals surface area contributed by atoms with Crippen LogP contribution >= 0.6 is 0 Å². The van der Waals surface area contributed by atoms with Gasteiger partial charge in [-0.05, 0) is 35.1 Å². The number of hydrazine groups is 1. The van der Waals surface area contributed by atoms with Gasteiger partial charge in [0.15, 0.2) is 0 Å². The molecule has 6 atom stereocenters. The van der Waals surface area contributed by atoms with Crippen molar-refractivity contribution < 1.29 is 14.4 Å². The highest BCUT2D eigenvalue weighted by Gasteiger charge is 2.65. The maximum Gasteiger partial charge on any atom is 0.270 e. The summed E-state index contributed by atoms with van der Waals surface area (Å²) in [6.07, 6.45) is 11.4. The predicted octanol–water partition coefficient (Wildman–Crippen LogP) is 2.58. The quantitative estimate of drug-likeness (QED) is 0.790. The summed E-state index contributed by atoms with van der Waals surface area (Å²) in [6.45, 7) is 0. The highest BCUT2D eigenvalue weighted by atomic mass is 16.2. The standard InChI is InChI=1S/C24H19N3O3/c28-22(13-9-11-25-12-10-13)26-27-23(29)20-18-14-5-1-2-6-15(14)19(21(20)24(27)30)17-8-4-3-7-16(17)18/h1-12,14-15,18-21H,(H,26,28)/t14-,15-,18-,19-,20-,21+/m1/s1. The molecular formula is C24H19N3O3. The summed E-state index contributed by atoms with van der Waals surface area (Å²) < 4.78 is 0. The number of aromatic nitrogens is 1. The number of pyridine rings is 1. The molecule has 1 N–H and O–H groups in total. The molecule has 2 heterocycles. The van der Waals surface area contributed by atoms with Crippen molar-refractivity contribution in [2.24, 2.45) is 23.7 Å². The SMILES string of the molecule is O=C(NN1C(=O)[C@@H]2[C@H](C1=O)[C@H]1c3ccccc3[C@H]2[C@@H]2C=CC=C[C@H]21)c1ccncc1. The van der Waals surface area contributed by atoms with Crippen LogP contribution in [-0.4, -0.2) is 27.7 Å². The normalized spacial score (nSPS) is 32.6. The van der Waals surface area contributed by atoms with E-state index in [1.807, 2.05) is 24.3 Å². The van der Waals surface area contributed by atoms with Gasteiger partial charge in [-0.25, -0.2) is 0 Å². The highest BCUT2D eigenvalue weighted by Crippen LogP contribution is 2.64. The summed E-state index contributed by atoms with van der Waals surface area (Å²) in [5.41, 5.74) is 5.23. The van der Waals surface area contributed by atoms with Gasteiger partial charge in [-0.15, -0.1) is 0 Å². The molecule has 1 aromatic heterocycles. The van der Waals surface area contributed by atoms with Crippen molar-refractivity contribution in [3.8, 4) is 0 Å². The fraction of sp³-hybridized carbons (Fsp3) is 0.250. The third-order valence-corrected chi connectivity index (χ3v) is 7.09. The molecule has 6 heteroatoms. The Balaban J connectivity index is 1.41. The summed E-state index contributed by atoms with van der Waals surface area (Å²) in [6, 6.07) is 11.3. The number of nitrogens with one attached hydrogen (secondary N) is 1. The first-order valence-electron chi connectivity index (χ1n) is 10.2. The summed E-state index contributed by atoms with van der Waals surface area (Å²) in [7, 11) is 0. The molecule has 5 aliphatic rings. The van der Waals surface area contributed by atoms with Crippen LogP contribution in [0.15, 0.2) is 73.1 Å². The number of hydrogen-bond donors (Lipinski definition) is 1. The number of carbonyl (C=O) groups excluding carboxylic acids is 3. The molecule has 4 aliphatic carbocycles. The largest absolute Gasteiger partial charge is 0.272 e. The first kappa shape index (κ1) is 17.3. The van der Waals surface area contributed by atoms with Crippen LogP contribution in [0.2, 0.25) is 0 Å². The van der Waals surface area contributed by atoms with Crippen molar-refractivity contribution in [2.45, 2.75) is 11.8 Å². The van der Waals surface area contributed by atoms with Gasteiger partial charge in [0, 0.05) is 29.8 Å². The molecule has 0 radical (unpaired) electrons. The van der Waals surface area contributed by atoms with E-state index in [1.54, 1.807) is 12.1 Å². The Morgan fingerprint density at radius 3 is 1.87 bits per heavy atom. The van der Waals surface area contributed by atoms with E-state index in [-0.39, 0.29) is 35.5 Å². The third-order valence-electron chi connectivity index (χ3n) is 7.09. The average Bonchev–Trinajstić information content (AvgIpc) is 3.05. The molecule has 1 aromatic carbocycles. The molecule has 2 fully saturated rings. The van der Waals surface area contributed by atoms with Crippen LogP contribution in [0.25, 0.3) is 0 Å². The summed E-state index contributed by atoms with van der Waals surface area (Å²) in [4.78, 5) is 43.4. The smallest absolute Gasteiger partial charge is 0.270 e. The van der Waals surface area contributed by atoms with Crippen molar-refractivity contribution in [3.05, 3.63) is 89.8 Å². The minimum Gasteiger partial charge on any atom is -0.272 e. The van der Waals surface area contributed by atoms with Crippen molar-refractivity contribution in [1.29, 1.82) is 0 Å². The molecular weight excluding hydrogens is 378 g/mol. The lowest BCUT2D eigenvalue weighted by molar-refractivity contribution is -0.142. The Hall–Kier alpha value is -3.54. The second kappa shape index (κ2) is 6.23. The Morgan fingerprint density at radius 1 is 0.800 bits per heavy atom. The van der Waals surface area contributed by atoms with Gasteiger partial charge >= 0.3 is 0 Å². The lowest BCUT2D eigenvalue weighted by Crippen LogP contribution is -2.49. The number of hydrogen-bond acceptors (Lipinski definition) is 4. The molecule has 0 unspecified atom stereocenters. The van der Waals surface area contributed by atoms with Gasteiger partial charge in [0.25, 0.3) is 17.7 Å². The zero-order valence-electron chi connectivity index (χ0n) is 16.0. The number of carbonyl (C=O) groups is 3. The van der Waals surface area contributed by atoms with E-state index < -0.39 is 17.7 Å². The highest BCUT2D eigenvalue weighted by molar-refractivity contribution is 6.09. The van der Waals surface area contributed by atoms with Crippen molar-refractivity contribution in [3.63, 3.8) is 0 Å². The lowest BCUT2D eigenvalue weighted by atomic mass is 9.48. The zero-order chi connectivity index (χ0) is 20.4. The van der Waals surface area contributed by atoms with Gasteiger partial charge in [-0.2, -0.15) is 5.01 Å². The minimum atomic E-state index is -0.486. The van der Waals surface area contributed by atoms with Gasteiger partial charge in [-0.3, -0.25) is 24.8 Å². The monoisotopic (exact) mass is 397 g/mol. The first-order valence-corrected chi connectivity index (χ1v) is 10.2. The third kappa shape index (κ3) is 2.19. The summed E-state index contributed by atoms with van der Waals surface area (Å²) in [5.74, 6) is -1.77. The van der Waals surface area contributed by atoms with E-state index >= 15 is 0 Å². The predicted molar refractivity (Wildman–Crippen MR) is 108 cm³/mol. The van der Waals surface area contributed by atoms with Crippen LogP contribution in [-0.2, 0) is 9.59 Å². The Kier molecular flexibility index (Phi) is 3.60. The number of allylic oxidation sites excluding steroid dienone is 4. The number of nitrogens with zero attached hydrogens (tertiary/aromatic N) is 2. The Labute approximate surface area is 173 Å². The second-order valence-corrected chi connectivity index (χ2v) is 8.35. The Morgan fingerprint density at radius 2 is 1.33 bits per heavy atom. The molecule has 2 bridgehead atoms. The molecule has 148 valence electrons. The Bertz CT molecular complexity index is 1080. The van der Waals surface area contributed by atoms with E-state index in [0.717, 1.165) is 16.1 Å². The van der Waals surface area contributed by atoms with E-state index in [4.69, 9.17) is 0 Å². The fourth-order valence-electron chi connectivity index (χ4n) is 6.01. The van der Waals surface area contributed by atoms with Crippen molar-refractivity contribution in [2.75, 3.05) is 0 Å². The second-order valence-electron chi connectivity index (χ2n) is 8.35. The zero-order valence-corrected chi connectivity index (χ0v) is 16.0. The molecule has 1 saturated carbocycles. The molecule has 7 rings (SSSR count). The number of imide groups is 1. The fourth-order valence-corrected chi connectivity index (χ4v) is 6.01. The van der Waals surface area contributed by atoms with Gasteiger partial charge in [-0.1, -0.05) is 48.6 Å². The van der Waals surface area contributed by atoms with Gasteiger partial charge in [0.05, 0.1) is 11.8 Å². The molecule has 3 amide bonds. The van der Waals surface area contributed by atoms with E-state index in [9.17, 15) is 14.4 Å². The van der Waals surface area contributed by atoms with Crippen molar-refractivity contribution >= 4 is 17.7 Å². The molecule has 6 nitrogen and oxygen atoms in total. The summed E-state index contributed by atoms with van der Waals surface area (Å²) in [5, 5.41) is 0.967. The maximum atomic E-state index is 13.4. The van der Waals surface area contributed by atoms with Gasteiger partial charge < -0.3 is 0 Å². The topological polar surface area (TPSA) is 79.4 Å². The van der Waals surface area contributed by atoms with Crippen LogP contribution in [0, 0.1) is 23.7 Å². The summed E-state index contributed by atoms with van der Waals surface area (Å²) >= 11 is 0. The van der Waals surface area contributed by atoms with Crippen LogP contribution in [0.4, 0.5) is 0 Å². The van der Waals surface area contributed by atoms with Gasteiger partial charge in [0.2, 0.25) is 0 Å². The first-order chi connectivity index (χ1) is 14.7. The lowest BCUT2D eigenvalue weighted by Gasteiger charge is -2.53.